The van der Waals surface area contributed by atoms with Gasteiger partial charge < -0.3 is 14.0 Å². The predicted molar refractivity (Wildman–Crippen MR) is 57.4 cm³/mol. The summed E-state index contributed by atoms with van der Waals surface area (Å²) in [6, 6.07) is 0. The third kappa shape index (κ3) is 2.31. The van der Waals surface area contributed by atoms with Gasteiger partial charge in [0.05, 0.1) is 19.8 Å². The standard InChI is InChI=1S/C11H16N2O3/c1-2-4-13-5-3-12-11(13)10(14)9-8-15-6-7-16-9/h3,5,9H,2,4,6-8H2,1H3. The number of imidazole rings is 1. The molecule has 1 atom stereocenters. The van der Waals surface area contributed by atoms with Crippen LogP contribution < -0.4 is 0 Å². The lowest BCUT2D eigenvalue weighted by Crippen LogP contribution is -2.36. The molecule has 88 valence electrons. The second-order valence-electron chi connectivity index (χ2n) is 3.74. The second-order valence-corrected chi connectivity index (χ2v) is 3.74. The molecule has 1 aliphatic heterocycles. The van der Waals surface area contributed by atoms with Crippen LogP contribution in [0.2, 0.25) is 0 Å². The van der Waals surface area contributed by atoms with Gasteiger partial charge >= 0.3 is 0 Å². The molecule has 0 aromatic carbocycles. The SMILES string of the molecule is CCCn1ccnc1C(=O)C1COCCO1. The van der Waals surface area contributed by atoms with E-state index < -0.39 is 6.10 Å². The third-order valence-electron chi connectivity index (χ3n) is 2.51. The van der Waals surface area contributed by atoms with Crippen molar-refractivity contribution in [2.24, 2.45) is 0 Å². The Morgan fingerprint density at radius 1 is 1.62 bits per heavy atom. The van der Waals surface area contributed by atoms with E-state index in [1.807, 2.05) is 10.8 Å². The number of rotatable bonds is 4. The van der Waals surface area contributed by atoms with Crippen LogP contribution in [0.5, 0.6) is 0 Å². The molecule has 0 aliphatic carbocycles. The van der Waals surface area contributed by atoms with Crippen LogP contribution in [0.4, 0.5) is 0 Å². The van der Waals surface area contributed by atoms with Crippen LogP contribution in [0.25, 0.3) is 0 Å². The van der Waals surface area contributed by atoms with Gasteiger partial charge in [-0.1, -0.05) is 6.92 Å². The van der Waals surface area contributed by atoms with Gasteiger partial charge in [-0.2, -0.15) is 0 Å². The lowest BCUT2D eigenvalue weighted by molar-refractivity contribution is -0.0723. The minimum absolute atomic E-state index is 0.0850. The molecule has 1 fully saturated rings. The number of Topliss-reactive ketones (excluding diaryl/α,β-unsaturated/α-hetero) is 1. The summed E-state index contributed by atoms with van der Waals surface area (Å²) in [6.07, 6.45) is 3.94. The predicted octanol–water partition coefficient (Wildman–Crippen LogP) is 0.891. The summed E-state index contributed by atoms with van der Waals surface area (Å²) in [7, 11) is 0. The number of hydrogen-bond acceptors (Lipinski definition) is 4. The number of nitrogens with zero attached hydrogens (tertiary/aromatic N) is 2. The van der Waals surface area contributed by atoms with E-state index in [9.17, 15) is 4.79 Å². The average Bonchev–Trinajstić information content (AvgIpc) is 2.78. The van der Waals surface area contributed by atoms with Crippen molar-refractivity contribution in [1.82, 2.24) is 9.55 Å². The maximum atomic E-state index is 12.1. The molecule has 1 unspecified atom stereocenters. The van der Waals surface area contributed by atoms with Crippen molar-refractivity contribution in [2.75, 3.05) is 19.8 Å². The van der Waals surface area contributed by atoms with Gasteiger partial charge in [0, 0.05) is 18.9 Å². The van der Waals surface area contributed by atoms with E-state index >= 15 is 0 Å². The van der Waals surface area contributed by atoms with Crippen LogP contribution in [0.15, 0.2) is 12.4 Å². The molecule has 0 N–H and O–H groups in total. The quantitative estimate of drug-likeness (QED) is 0.713. The topological polar surface area (TPSA) is 53.4 Å². The zero-order valence-electron chi connectivity index (χ0n) is 9.39. The summed E-state index contributed by atoms with van der Waals surface area (Å²) in [4.78, 5) is 16.2. The molecule has 1 aliphatic rings. The van der Waals surface area contributed by atoms with Gasteiger partial charge in [-0.25, -0.2) is 4.98 Å². The fourth-order valence-electron chi connectivity index (χ4n) is 1.74. The van der Waals surface area contributed by atoms with Gasteiger partial charge in [0.2, 0.25) is 5.78 Å². The summed E-state index contributed by atoms with van der Waals surface area (Å²) in [5.41, 5.74) is 0. The summed E-state index contributed by atoms with van der Waals surface area (Å²) in [6.45, 7) is 4.24. The molecule has 1 saturated heterocycles. The highest BCUT2D eigenvalue weighted by atomic mass is 16.6. The largest absolute Gasteiger partial charge is 0.376 e. The molecule has 16 heavy (non-hydrogen) atoms. The van der Waals surface area contributed by atoms with Crippen LogP contribution in [0, 0.1) is 0 Å². The molecule has 5 nitrogen and oxygen atoms in total. The van der Waals surface area contributed by atoms with Gasteiger partial charge in [-0.05, 0) is 6.42 Å². The lowest BCUT2D eigenvalue weighted by atomic mass is 10.2. The molecule has 0 amide bonds. The Morgan fingerprint density at radius 2 is 2.50 bits per heavy atom. The van der Waals surface area contributed by atoms with E-state index in [4.69, 9.17) is 9.47 Å². The van der Waals surface area contributed by atoms with Gasteiger partial charge in [-0.15, -0.1) is 0 Å². The van der Waals surface area contributed by atoms with Crippen LogP contribution >= 0.6 is 0 Å². The molecular formula is C11H16N2O3. The Labute approximate surface area is 94.4 Å². The van der Waals surface area contributed by atoms with Gasteiger partial charge in [0.1, 0.15) is 6.10 Å². The van der Waals surface area contributed by atoms with E-state index in [-0.39, 0.29) is 5.78 Å². The minimum Gasteiger partial charge on any atom is -0.376 e. The molecule has 1 aromatic heterocycles. The second kappa shape index (κ2) is 5.23. The number of hydrogen-bond donors (Lipinski definition) is 0. The van der Waals surface area contributed by atoms with Crippen molar-refractivity contribution in [3.8, 4) is 0 Å². The number of aromatic nitrogens is 2. The fourth-order valence-corrected chi connectivity index (χ4v) is 1.74. The zero-order valence-corrected chi connectivity index (χ0v) is 9.39. The van der Waals surface area contributed by atoms with Crippen molar-refractivity contribution in [3.63, 3.8) is 0 Å². The van der Waals surface area contributed by atoms with Crippen LogP contribution in [0.3, 0.4) is 0 Å². The number of ether oxygens (including phenoxy) is 2. The molecular weight excluding hydrogens is 208 g/mol. The summed E-state index contributed by atoms with van der Waals surface area (Å²) in [5, 5.41) is 0. The van der Waals surface area contributed by atoms with Gasteiger partial charge in [0.25, 0.3) is 0 Å². The van der Waals surface area contributed by atoms with Gasteiger partial charge in [0.15, 0.2) is 5.82 Å². The van der Waals surface area contributed by atoms with Crippen LogP contribution in [0.1, 0.15) is 24.0 Å². The van der Waals surface area contributed by atoms with Crippen molar-refractivity contribution >= 4 is 5.78 Å². The van der Waals surface area contributed by atoms with E-state index in [0.29, 0.717) is 25.6 Å². The normalized spacial score (nSPS) is 20.9. The Hall–Kier alpha value is -1.20. The number of carbonyl (C=O) groups excluding carboxylic acids is 1. The number of ketones is 1. The van der Waals surface area contributed by atoms with E-state index in [1.54, 1.807) is 6.20 Å². The molecule has 0 spiro atoms. The first-order valence-corrected chi connectivity index (χ1v) is 5.57. The van der Waals surface area contributed by atoms with Crippen LogP contribution in [-0.2, 0) is 16.0 Å². The number of aryl methyl sites for hydroxylation is 1. The smallest absolute Gasteiger partial charge is 0.229 e. The summed E-state index contributed by atoms with van der Waals surface area (Å²) in [5.74, 6) is 0.385. The highest BCUT2D eigenvalue weighted by Gasteiger charge is 2.26. The minimum atomic E-state index is -0.494. The first kappa shape index (κ1) is 11.3. The van der Waals surface area contributed by atoms with E-state index in [0.717, 1.165) is 13.0 Å². The molecule has 5 heteroatoms. The average molecular weight is 224 g/mol. The molecule has 0 radical (unpaired) electrons. The highest BCUT2D eigenvalue weighted by molar-refractivity contribution is 5.96. The first-order valence-electron chi connectivity index (χ1n) is 5.57. The number of carbonyl (C=O) groups is 1. The Morgan fingerprint density at radius 3 is 3.19 bits per heavy atom. The van der Waals surface area contributed by atoms with Crippen molar-refractivity contribution in [1.29, 1.82) is 0 Å². The lowest BCUT2D eigenvalue weighted by Gasteiger charge is -2.21. The van der Waals surface area contributed by atoms with Gasteiger partial charge in [-0.3, -0.25) is 4.79 Å². The van der Waals surface area contributed by atoms with Crippen LogP contribution in [-0.4, -0.2) is 41.3 Å². The molecule has 2 rings (SSSR count). The molecule has 1 aromatic rings. The van der Waals surface area contributed by atoms with Crippen molar-refractivity contribution < 1.29 is 14.3 Å². The van der Waals surface area contributed by atoms with Crippen molar-refractivity contribution in [3.05, 3.63) is 18.2 Å². The van der Waals surface area contributed by atoms with E-state index in [1.165, 1.54) is 0 Å². The van der Waals surface area contributed by atoms with E-state index in [2.05, 4.69) is 11.9 Å². The maximum absolute atomic E-state index is 12.1. The highest BCUT2D eigenvalue weighted by Crippen LogP contribution is 2.09. The van der Waals surface area contributed by atoms with Crippen molar-refractivity contribution in [2.45, 2.75) is 26.0 Å². The molecule has 0 saturated carbocycles. The Balaban J connectivity index is 2.09. The maximum Gasteiger partial charge on any atom is 0.229 e. The first-order chi connectivity index (χ1) is 7.83. The molecule has 2 heterocycles. The zero-order chi connectivity index (χ0) is 11.4. The monoisotopic (exact) mass is 224 g/mol. The summed E-state index contributed by atoms with van der Waals surface area (Å²) >= 11 is 0. The summed E-state index contributed by atoms with van der Waals surface area (Å²) < 4.78 is 12.4. The molecule has 0 bridgehead atoms. The Kier molecular flexibility index (Phi) is 3.69. The fraction of sp³-hybridized carbons (Fsp3) is 0.636. The Bertz CT molecular complexity index is 356. The third-order valence-corrected chi connectivity index (χ3v) is 2.51.